The Kier molecular flexibility index (Phi) is 1.84. The third-order valence-electron chi connectivity index (χ3n) is 2.89. The summed E-state index contributed by atoms with van der Waals surface area (Å²) in [6, 6.07) is 2.32. The molecule has 0 saturated heterocycles. The molecule has 1 aromatic rings. The van der Waals surface area contributed by atoms with Crippen LogP contribution in [0.5, 0.6) is 0 Å². The summed E-state index contributed by atoms with van der Waals surface area (Å²) in [5.74, 6) is 0.0312. The minimum atomic E-state index is 0.0312. The van der Waals surface area contributed by atoms with Gasteiger partial charge in [0.1, 0.15) is 0 Å². The lowest BCUT2D eigenvalue weighted by atomic mass is 9.88. The minimum absolute atomic E-state index is 0.0312. The van der Waals surface area contributed by atoms with E-state index in [4.69, 9.17) is 5.26 Å². The molecule has 0 fully saturated rings. The van der Waals surface area contributed by atoms with Crippen molar-refractivity contribution in [1.82, 2.24) is 9.78 Å². The lowest BCUT2D eigenvalue weighted by molar-refractivity contribution is 0.617. The van der Waals surface area contributed by atoms with Crippen LogP contribution >= 0.6 is 0 Å². The van der Waals surface area contributed by atoms with E-state index in [0.717, 1.165) is 25.0 Å². The fraction of sp³-hybridized carbons (Fsp3) is 0.600. The molecule has 13 heavy (non-hydrogen) atoms. The number of aryl methyl sites for hydroxylation is 1. The van der Waals surface area contributed by atoms with Crippen LogP contribution in [0, 0.1) is 18.3 Å². The van der Waals surface area contributed by atoms with Gasteiger partial charge in [0.2, 0.25) is 0 Å². The summed E-state index contributed by atoms with van der Waals surface area (Å²) in [7, 11) is 1.95. The quantitative estimate of drug-likeness (QED) is 0.602. The van der Waals surface area contributed by atoms with Crippen LogP contribution in [0.15, 0.2) is 0 Å². The lowest BCUT2D eigenvalue weighted by Crippen LogP contribution is -2.07. The van der Waals surface area contributed by atoms with E-state index in [9.17, 15) is 0 Å². The third kappa shape index (κ3) is 1.14. The molecule has 1 aliphatic rings. The predicted octanol–water partition coefficient (Wildman–Crippen LogP) is 1.67. The zero-order valence-electron chi connectivity index (χ0n) is 8.04. The highest BCUT2D eigenvalue weighted by molar-refractivity contribution is 5.33. The van der Waals surface area contributed by atoms with Crippen molar-refractivity contribution < 1.29 is 0 Å². The lowest BCUT2D eigenvalue weighted by Gasteiger charge is -2.14. The van der Waals surface area contributed by atoms with Crippen LogP contribution in [-0.2, 0) is 13.5 Å². The highest BCUT2D eigenvalue weighted by atomic mass is 15.3. The number of nitrogens with zero attached hydrogens (tertiary/aromatic N) is 3. The molecule has 68 valence electrons. The maximum Gasteiger partial charge on any atom is 0.0906 e. The Morgan fingerprint density at radius 2 is 2.38 bits per heavy atom. The van der Waals surface area contributed by atoms with Crippen LogP contribution in [0.4, 0.5) is 0 Å². The third-order valence-corrected chi connectivity index (χ3v) is 2.89. The molecule has 0 amide bonds. The molecule has 0 bridgehead atoms. The molecule has 0 N–H and O–H groups in total. The SMILES string of the molecule is Cc1c2c(nn1C)C(C#N)CCC2. The Labute approximate surface area is 78.0 Å². The number of rotatable bonds is 0. The second-order valence-electron chi connectivity index (χ2n) is 3.65. The Morgan fingerprint density at radius 3 is 3.08 bits per heavy atom. The van der Waals surface area contributed by atoms with Crippen molar-refractivity contribution in [2.75, 3.05) is 0 Å². The Bertz CT molecular complexity index is 370. The molecule has 1 aromatic heterocycles. The van der Waals surface area contributed by atoms with Gasteiger partial charge in [0, 0.05) is 12.7 Å². The van der Waals surface area contributed by atoms with Crippen molar-refractivity contribution in [3.8, 4) is 6.07 Å². The highest BCUT2D eigenvalue weighted by Gasteiger charge is 2.25. The van der Waals surface area contributed by atoms with Gasteiger partial charge in [0.25, 0.3) is 0 Å². The predicted molar refractivity (Wildman–Crippen MR) is 49.2 cm³/mol. The van der Waals surface area contributed by atoms with E-state index in [-0.39, 0.29) is 5.92 Å². The monoisotopic (exact) mass is 175 g/mol. The molecule has 0 saturated carbocycles. The van der Waals surface area contributed by atoms with Gasteiger partial charge in [-0.05, 0) is 31.7 Å². The second-order valence-corrected chi connectivity index (χ2v) is 3.65. The van der Waals surface area contributed by atoms with Crippen LogP contribution in [-0.4, -0.2) is 9.78 Å². The smallest absolute Gasteiger partial charge is 0.0906 e. The van der Waals surface area contributed by atoms with Gasteiger partial charge < -0.3 is 0 Å². The molecule has 3 heteroatoms. The van der Waals surface area contributed by atoms with Gasteiger partial charge in [-0.15, -0.1) is 0 Å². The Morgan fingerprint density at radius 1 is 1.62 bits per heavy atom. The van der Waals surface area contributed by atoms with Gasteiger partial charge in [-0.3, -0.25) is 4.68 Å². The average Bonchev–Trinajstić information content (AvgIpc) is 2.43. The number of aromatic nitrogens is 2. The van der Waals surface area contributed by atoms with Gasteiger partial charge in [-0.1, -0.05) is 0 Å². The van der Waals surface area contributed by atoms with Crippen molar-refractivity contribution >= 4 is 0 Å². The summed E-state index contributed by atoms with van der Waals surface area (Å²) >= 11 is 0. The molecular weight excluding hydrogens is 162 g/mol. The molecule has 1 heterocycles. The van der Waals surface area contributed by atoms with Crippen molar-refractivity contribution in [1.29, 1.82) is 5.26 Å². The molecule has 1 unspecified atom stereocenters. The van der Waals surface area contributed by atoms with E-state index in [0.29, 0.717) is 0 Å². The van der Waals surface area contributed by atoms with Gasteiger partial charge >= 0.3 is 0 Å². The van der Waals surface area contributed by atoms with E-state index >= 15 is 0 Å². The van der Waals surface area contributed by atoms with Crippen LogP contribution in [0.25, 0.3) is 0 Å². The van der Waals surface area contributed by atoms with E-state index in [1.54, 1.807) is 0 Å². The first kappa shape index (κ1) is 8.31. The number of nitriles is 1. The number of hydrogen-bond donors (Lipinski definition) is 0. The summed E-state index contributed by atoms with van der Waals surface area (Å²) in [5.41, 5.74) is 3.55. The summed E-state index contributed by atoms with van der Waals surface area (Å²) in [5, 5.41) is 13.3. The second kappa shape index (κ2) is 2.88. The van der Waals surface area contributed by atoms with Gasteiger partial charge in [-0.2, -0.15) is 10.4 Å². The first-order chi connectivity index (χ1) is 6.24. The van der Waals surface area contributed by atoms with Crippen LogP contribution < -0.4 is 0 Å². The number of fused-ring (bicyclic) bond motifs is 1. The fourth-order valence-electron chi connectivity index (χ4n) is 2.01. The highest BCUT2D eigenvalue weighted by Crippen LogP contribution is 2.31. The van der Waals surface area contributed by atoms with E-state index < -0.39 is 0 Å². The van der Waals surface area contributed by atoms with Crippen LogP contribution in [0.2, 0.25) is 0 Å². The van der Waals surface area contributed by atoms with Gasteiger partial charge in [0.05, 0.1) is 17.7 Å². The molecule has 1 atom stereocenters. The van der Waals surface area contributed by atoms with E-state index in [1.807, 2.05) is 11.7 Å². The zero-order chi connectivity index (χ0) is 9.42. The zero-order valence-corrected chi connectivity index (χ0v) is 8.04. The molecule has 0 radical (unpaired) electrons. The Hall–Kier alpha value is -1.30. The van der Waals surface area contributed by atoms with E-state index in [1.165, 1.54) is 11.3 Å². The topological polar surface area (TPSA) is 41.6 Å². The molecule has 0 aromatic carbocycles. The van der Waals surface area contributed by atoms with Crippen LogP contribution in [0.3, 0.4) is 0 Å². The minimum Gasteiger partial charge on any atom is -0.272 e. The normalized spacial score (nSPS) is 20.8. The average molecular weight is 175 g/mol. The maximum absolute atomic E-state index is 8.94. The van der Waals surface area contributed by atoms with Gasteiger partial charge in [0.15, 0.2) is 0 Å². The summed E-state index contributed by atoms with van der Waals surface area (Å²) in [6.45, 7) is 2.07. The Balaban J connectivity index is 2.53. The van der Waals surface area contributed by atoms with Crippen molar-refractivity contribution in [2.24, 2.45) is 7.05 Å². The first-order valence-corrected chi connectivity index (χ1v) is 4.66. The number of hydrogen-bond acceptors (Lipinski definition) is 2. The van der Waals surface area contributed by atoms with Gasteiger partial charge in [-0.25, -0.2) is 0 Å². The van der Waals surface area contributed by atoms with Crippen molar-refractivity contribution in [2.45, 2.75) is 32.1 Å². The first-order valence-electron chi connectivity index (χ1n) is 4.66. The molecule has 3 nitrogen and oxygen atoms in total. The summed E-state index contributed by atoms with van der Waals surface area (Å²) < 4.78 is 1.89. The fourth-order valence-corrected chi connectivity index (χ4v) is 2.01. The van der Waals surface area contributed by atoms with E-state index in [2.05, 4.69) is 18.1 Å². The molecule has 0 aliphatic heterocycles. The van der Waals surface area contributed by atoms with Crippen LogP contribution in [0.1, 0.15) is 35.7 Å². The van der Waals surface area contributed by atoms with Crippen molar-refractivity contribution in [3.05, 3.63) is 17.0 Å². The molecule has 2 rings (SSSR count). The molecule has 1 aliphatic carbocycles. The maximum atomic E-state index is 8.94. The summed E-state index contributed by atoms with van der Waals surface area (Å²) in [4.78, 5) is 0. The molecular formula is C10H13N3. The standard InChI is InChI=1S/C10H13N3/c1-7-9-5-3-4-8(6-11)10(9)12-13(7)2/h8H,3-5H2,1-2H3. The summed E-state index contributed by atoms with van der Waals surface area (Å²) in [6.07, 6.45) is 3.19. The van der Waals surface area contributed by atoms with Crippen molar-refractivity contribution in [3.63, 3.8) is 0 Å². The molecule has 0 spiro atoms. The largest absolute Gasteiger partial charge is 0.272 e.